The number of phenolic OH excluding ortho intramolecular Hbond substituents is 1. The standard InChI is InChI=1S/C27H25ClN2O5/c1-3-10-29-12-17-22(29)26(34)9-8-18(30-24(32)15-6-5-14(28)11-16(15)25(30)33)23-27(17,26)20-13(2)4-7-19(31)21(20)35-23/h3-7,11,17-18,22-23,31,34H,1,8-10,12H2,2H3/t17?,18-,22-,23+,26-,27+/m1/s1. The first-order chi connectivity index (χ1) is 16.8. The molecule has 2 aromatic rings. The lowest BCUT2D eigenvalue weighted by molar-refractivity contribution is -0.318. The van der Waals surface area contributed by atoms with E-state index in [0.717, 1.165) is 17.7 Å². The van der Waals surface area contributed by atoms with Crippen molar-refractivity contribution in [3.8, 4) is 11.5 Å². The van der Waals surface area contributed by atoms with Crippen LogP contribution in [-0.2, 0) is 5.41 Å². The van der Waals surface area contributed by atoms with Gasteiger partial charge in [-0.05, 0) is 49.6 Å². The largest absolute Gasteiger partial charge is 0.504 e. The predicted molar refractivity (Wildman–Crippen MR) is 128 cm³/mol. The molecule has 8 heteroatoms. The van der Waals surface area contributed by atoms with Crippen LogP contribution < -0.4 is 4.74 Å². The minimum atomic E-state index is -1.11. The van der Waals surface area contributed by atoms with Gasteiger partial charge in [0.05, 0.1) is 28.2 Å². The number of hydrogen-bond acceptors (Lipinski definition) is 6. The second-order valence-corrected chi connectivity index (χ2v) is 10.9. The molecule has 2 amide bonds. The number of rotatable bonds is 3. The number of nitrogens with zero attached hydrogens (tertiary/aromatic N) is 2. The van der Waals surface area contributed by atoms with Crippen molar-refractivity contribution in [1.29, 1.82) is 0 Å². The maximum Gasteiger partial charge on any atom is 0.261 e. The third-order valence-corrected chi connectivity index (χ3v) is 9.43. The Kier molecular flexibility index (Phi) is 4.08. The zero-order chi connectivity index (χ0) is 24.4. The Hall–Kier alpha value is -2.87. The van der Waals surface area contributed by atoms with Gasteiger partial charge < -0.3 is 14.9 Å². The minimum Gasteiger partial charge on any atom is -0.504 e. The SMILES string of the molecule is C=CCN1CC2[C@@H]1[C@]1(O)CC[C@@H](N3C(=O)c4ccc(Cl)cc4C3=O)[C@@H]3Oc4c(O)ccc(C)c4[C@@]231. The van der Waals surface area contributed by atoms with Crippen molar-refractivity contribution in [3.05, 3.63) is 70.3 Å². The molecule has 2 aromatic carbocycles. The van der Waals surface area contributed by atoms with Gasteiger partial charge in [-0.25, -0.2) is 0 Å². The average molecular weight is 493 g/mol. The number of ether oxygens (including phenoxy) is 1. The number of halogens is 1. The van der Waals surface area contributed by atoms with Crippen molar-refractivity contribution in [2.45, 2.75) is 49.0 Å². The fourth-order valence-corrected chi connectivity index (χ4v) is 8.18. The van der Waals surface area contributed by atoms with E-state index in [0.29, 0.717) is 41.3 Å². The highest BCUT2D eigenvalue weighted by Gasteiger charge is 2.85. The summed E-state index contributed by atoms with van der Waals surface area (Å²) in [5, 5.41) is 23.4. The lowest BCUT2D eigenvalue weighted by Gasteiger charge is -2.77. The first-order valence-corrected chi connectivity index (χ1v) is 12.4. The Morgan fingerprint density at radius 3 is 2.77 bits per heavy atom. The van der Waals surface area contributed by atoms with Gasteiger partial charge in [0.2, 0.25) is 0 Å². The molecule has 180 valence electrons. The molecule has 1 unspecified atom stereocenters. The summed E-state index contributed by atoms with van der Waals surface area (Å²) in [6.45, 7) is 7.24. The Morgan fingerprint density at radius 1 is 1.23 bits per heavy atom. The van der Waals surface area contributed by atoms with Gasteiger partial charge in [0, 0.05) is 35.6 Å². The molecule has 2 aliphatic carbocycles. The Morgan fingerprint density at radius 2 is 2.00 bits per heavy atom. The van der Waals surface area contributed by atoms with Crippen LogP contribution in [0.1, 0.15) is 44.7 Å². The summed E-state index contributed by atoms with van der Waals surface area (Å²) in [7, 11) is 0. The second-order valence-electron chi connectivity index (χ2n) is 10.5. The highest BCUT2D eigenvalue weighted by atomic mass is 35.5. The number of aliphatic hydroxyl groups is 1. The van der Waals surface area contributed by atoms with Gasteiger partial charge in [0.1, 0.15) is 6.10 Å². The zero-order valence-corrected chi connectivity index (χ0v) is 20.0. The molecule has 7 rings (SSSR count). The normalized spacial score (nSPS) is 36.3. The summed E-state index contributed by atoms with van der Waals surface area (Å²) < 4.78 is 6.48. The van der Waals surface area contributed by atoms with Gasteiger partial charge >= 0.3 is 0 Å². The van der Waals surface area contributed by atoms with E-state index in [-0.39, 0.29) is 23.6 Å². The predicted octanol–water partition coefficient (Wildman–Crippen LogP) is 3.04. The summed E-state index contributed by atoms with van der Waals surface area (Å²) in [4.78, 5) is 30.5. The van der Waals surface area contributed by atoms with Crippen LogP contribution in [0.5, 0.6) is 11.5 Å². The molecular weight excluding hydrogens is 468 g/mol. The molecule has 5 aliphatic rings. The third-order valence-electron chi connectivity index (χ3n) is 9.19. The number of fused-ring (bicyclic) bond motifs is 4. The topological polar surface area (TPSA) is 90.3 Å². The van der Waals surface area contributed by atoms with E-state index < -0.39 is 29.1 Å². The van der Waals surface area contributed by atoms with Gasteiger partial charge in [-0.2, -0.15) is 0 Å². The number of likely N-dealkylation sites (tertiary alicyclic amines) is 1. The number of carbonyl (C=O) groups is 2. The maximum atomic E-state index is 13.5. The number of amides is 2. The molecule has 6 atom stereocenters. The van der Waals surface area contributed by atoms with Crippen molar-refractivity contribution < 1.29 is 24.5 Å². The highest BCUT2D eigenvalue weighted by molar-refractivity contribution is 6.32. The van der Waals surface area contributed by atoms with E-state index in [1.54, 1.807) is 18.2 Å². The molecule has 3 aliphatic heterocycles. The van der Waals surface area contributed by atoms with Crippen molar-refractivity contribution in [3.63, 3.8) is 0 Å². The number of piperidine rings is 1. The minimum absolute atomic E-state index is 0.00957. The van der Waals surface area contributed by atoms with Crippen LogP contribution in [-0.4, -0.2) is 68.7 Å². The molecule has 0 aromatic heterocycles. The first-order valence-electron chi connectivity index (χ1n) is 12.0. The van der Waals surface area contributed by atoms with Gasteiger partial charge in [0.25, 0.3) is 11.8 Å². The highest BCUT2D eigenvalue weighted by Crippen LogP contribution is 2.73. The van der Waals surface area contributed by atoms with Crippen LogP contribution in [0.25, 0.3) is 0 Å². The summed E-state index contributed by atoms with van der Waals surface area (Å²) in [6.07, 6.45) is 2.00. The molecule has 1 saturated heterocycles. The molecule has 1 spiro atoms. The molecule has 0 bridgehead atoms. The van der Waals surface area contributed by atoms with Crippen LogP contribution in [0.3, 0.4) is 0 Å². The number of aromatic hydroxyl groups is 1. The summed E-state index contributed by atoms with van der Waals surface area (Å²) >= 11 is 6.13. The van der Waals surface area contributed by atoms with Crippen LogP contribution >= 0.6 is 11.6 Å². The van der Waals surface area contributed by atoms with E-state index >= 15 is 0 Å². The summed E-state index contributed by atoms with van der Waals surface area (Å²) in [5.74, 6) is -0.315. The lowest BCUT2D eigenvalue weighted by Crippen LogP contribution is -2.92. The average Bonchev–Trinajstić information content (AvgIpc) is 3.30. The number of carbonyl (C=O) groups excluding carboxylic acids is 2. The molecular formula is C27H25ClN2O5. The van der Waals surface area contributed by atoms with Crippen LogP contribution in [0.15, 0.2) is 43.0 Å². The second kappa shape index (κ2) is 6.66. The Labute approximate surface area is 207 Å². The number of aryl methyl sites for hydroxylation is 1. The maximum absolute atomic E-state index is 13.5. The number of hydrogen-bond donors (Lipinski definition) is 2. The fraction of sp³-hybridized carbons (Fsp3) is 0.407. The number of phenols is 1. The third kappa shape index (κ3) is 2.22. The molecule has 3 fully saturated rings. The smallest absolute Gasteiger partial charge is 0.261 e. The number of benzene rings is 2. The van der Waals surface area contributed by atoms with E-state index in [4.69, 9.17) is 16.3 Å². The summed E-state index contributed by atoms with van der Waals surface area (Å²) in [5.41, 5.74) is 0.438. The van der Waals surface area contributed by atoms with Crippen LogP contribution in [0.4, 0.5) is 0 Å². The Balaban J connectivity index is 1.37. The van der Waals surface area contributed by atoms with Crippen molar-refractivity contribution >= 4 is 23.4 Å². The molecule has 7 nitrogen and oxygen atoms in total. The van der Waals surface area contributed by atoms with Crippen molar-refractivity contribution in [1.82, 2.24) is 9.80 Å². The molecule has 2 saturated carbocycles. The molecule has 35 heavy (non-hydrogen) atoms. The van der Waals surface area contributed by atoms with Crippen LogP contribution in [0, 0.1) is 12.8 Å². The van der Waals surface area contributed by atoms with Crippen LogP contribution in [0.2, 0.25) is 5.02 Å². The molecule has 2 N–H and O–H groups in total. The van der Waals surface area contributed by atoms with Gasteiger partial charge in [0.15, 0.2) is 11.5 Å². The van der Waals surface area contributed by atoms with Gasteiger partial charge in [-0.15, -0.1) is 6.58 Å². The summed E-state index contributed by atoms with van der Waals surface area (Å²) in [6, 6.07) is 7.54. The monoisotopic (exact) mass is 492 g/mol. The molecule has 3 heterocycles. The number of imide groups is 1. The van der Waals surface area contributed by atoms with Gasteiger partial charge in [-0.3, -0.25) is 19.4 Å². The Bertz CT molecular complexity index is 1360. The lowest BCUT2D eigenvalue weighted by atomic mass is 9.35. The zero-order valence-electron chi connectivity index (χ0n) is 19.2. The van der Waals surface area contributed by atoms with Crippen molar-refractivity contribution in [2.75, 3.05) is 13.1 Å². The molecule has 0 radical (unpaired) electrons. The van der Waals surface area contributed by atoms with Gasteiger partial charge in [-0.1, -0.05) is 23.7 Å². The van der Waals surface area contributed by atoms with E-state index in [1.165, 1.54) is 11.0 Å². The quantitative estimate of drug-likeness (QED) is 0.505. The van der Waals surface area contributed by atoms with E-state index in [1.807, 2.05) is 19.1 Å². The van der Waals surface area contributed by atoms with E-state index in [9.17, 15) is 19.8 Å². The first kappa shape index (κ1) is 21.4. The van der Waals surface area contributed by atoms with E-state index in [2.05, 4.69) is 11.5 Å². The van der Waals surface area contributed by atoms with Crippen molar-refractivity contribution in [2.24, 2.45) is 5.92 Å². The fourth-order valence-electron chi connectivity index (χ4n) is 8.01.